The van der Waals surface area contributed by atoms with Crippen LogP contribution in [0.2, 0.25) is 0 Å². The van der Waals surface area contributed by atoms with Crippen LogP contribution in [0.15, 0.2) is 70.6 Å². The number of aromatic nitrogens is 1. The van der Waals surface area contributed by atoms with E-state index < -0.39 is 12.6 Å². The van der Waals surface area contributed by atoms with Crippen LogP contribution in [0, 0.1) is 0 Å². The second-order valence-electron chi connectivity index (χ2n) is 6.62. The van der Waals surface area contributed by atoms with Crippen LogP contribution >= 0.6 is 11.8 Å². The molecule has 7 heteroatoms. The molecule has 0 saturated heterocycles. The molecule has 1 amide bonds. The number of fused-ring (bicyclic) bond motifs is 2. The molecule has 4 rings (SSSR count). The van der Waals surface area contributed by atoms with Crippen molar-refractivity contribution in [2.45, 2.75) is 16.7 Å². The van der Waals surface area contributed by atoms with Gasteiger partial charge in [0.1, 0.15) is 5.69 Å². The highest BCUT2D eigenvalue weighted by molar-refractivity contribution is 7.99. The van der Waals surface area contributed by atoms with E-state index in [4.69, 9.17) is 4.74 Å². The molecule has 0 bridgehead atoms. The van der Waals surface area contributed by atoms with Gasteiger partial charge in [-0.15, -0.1) is 0 Å². The minimum Gasteiger partial charge on any atom is -0.451 e. The number of amides is 1. The lowest BCUT2D eigenvalue weighted by atomic mass is 10.2. The summed E-state index contributed by atoms with van der Waals surface area (Å²) in [6.45, 7) is 1.02. The SMILES string of the molecule is CC(=O)c1cc(C(=O)OCC(=O)N2c3ccccc3Sc3ccccc32)n(C)c1. The van der Waals surface area contributed by atoms with Crippen molar-refractivity contribution >= 4 is 40.8 Å². The number of carbonyl (C=O) groups excluding carboxylic acids is 3. The zero-order valence-corrected chi connectivity index (χ0v) is 16.7. The molecule has 29 heavy (non-hydrogen) atoms. The highest BCUT2D eigenvalue weighted by Crippen LogP contribution is 2.47. The van der Waals surface area contributed by atoms with Gasteiger partial charge in [0.15, 0.2) is 12.4 Å². The van der Waals surface area contributed by atoms with Crippen molar-refractivity contribution < 1.29 is 19.1 Å². The van der Waals surface area contributed by atoms with Gasteiger partial charge in [0, 0.05) is 28.6 Å². The fourth-order valence-electron chi connectivity index (χ4n) is 3.20. The minimum absolute atomic E-state index is 0.144. The Hall–Kier alpha value is -3.32. The second-order valence-corrected chi connectivity index (χ2v) is 7.71. The zero-order chi connectivity index (χ0) is 20.5. The van der Waals surface area contributed by atoms with Gasteiger partial charge >= 0.3 is 5.97 Å². The third-order valence-electron chi connectivity index (χ3n) is 4.63. The number of para-hydroxylation sites is 2. The highest BCUT2D eigenvalue weighted by Gasteiger charge is 2.28. The molecule has 2 aromatic carbocycles. The van der Waals surface area contributed by atoms with Crippen molar-refractivity contribution in [3.05, 3.63) is 72.1 Å². The van der Waals surface area contributed by atoms with Gasteiger partial charge in [-0.3, -0.25) is 14.5 Å². The third kappa shape index (κ3) is 3.56. The average molecular weight is 406 g/mol. The smallest absolute Gasteiger partial charge is 0.355 e. The first-order chi connectivity index (χ1) is 14.0. The van der Waals surface area contributed by atoms with Crippen LogP contribution in [0.1, 0.15) is 27.8 Å². The second kappa shape index (κ2) is 7.60. The van der Waals surface area contributed by atoms with Gasteiger partial charge in [-0.05, 0) is 37.3 Å². The first-order valence-electron chi connectivity index (χ1n) is 8.99. The lowest BCUT2D eigenvalue weighted by molar-refractivity contribution is -0.121. The van der Waals surface area contributed by atoms with Crippen LogP contribution in [-0.2, 0) is 16.6 Å². The molecule has 0 radical (unpaired) electrons. The fourth-order valence-corrected chi connectivity index (χ4v) is 4.26. The topological polar surface area (TPSA) is 68.6 Å². The maximum atomic E-state index is 13.0. The number of rotatable bonds is 4. The van der Waals surface area contributed by atoms with Gasteiger partial charge in [-0.2, -0.15) is 0 Å². The first kappa shape index (κ1) is 19.0. The molecular weight excluding hydrogens is 388 g/mol. The molecule has 0 fully saturated rings. The number of nitrogens with zero attached hydrogens (tertiary/aromatic N) is 2. The Morgan fingerprint density at radius 2 is 1.55 bits per heavy atom. The summed E-state index contributed by atoms with van der Waals surface area (Å²) in [4.78, 5) is 40.5. The predicted molar refractivity (Wildman–Crippen MR) is 110 cm³/mol. The largest absolute Gasteiger partial charge is 0.451 e. The average Bonchev–Trinajstić information content (AvgIpc) is 3.12. The fraction of sp³-hybridized carbons (Fsp3) is 0.136. The van der Waals surface area contributed by atoms with Crippen molar-refractivity contribution in [1.82, 2.24) is 4.57 Å². The number of ether oxygens (including phenoxy) is 1. The molecule has 3 aromatic rings. The molecule has 0 atom stereocenters. The van der Waals surface area contributed by atoms with Crippen molar-refractivity contribution in [3.8, 4) is 0 Å². The van der Waals surface area contributed by atoms with Gasteiger partial charge in [0.25, 0.3) is 5.91 Å². The Bertz CT molecular complexity index is 1090. The van der Waals surface area contributed by atoms with Crippen LogP contribution in [0.3, 0.4) is 0 Å². The molecule has 0 saturated carbocycles. The molecule has 0 unspecified atom stereocenters. The van der Waals surface area contributed by atoms with E-state index in [9.17, 15) is 14.4 Å². The highest BCUT2D eigenvalue weighted by atomic mass is 32.2. The zero-order valence-electron chi connectivity index (χ0n) is 15.9. The predicted octanol–water partition coefficient (Wildman–Crippen LogP) is 4.21. The molecule has 2 heterocycles. The van der Waals surface area contributed by atoms with E-state index in [0.29, 0.717) is 5.56 Å². The Labute approximate surface area is 172 Å². The van der Waals surface area contributed by atoms with E-state index in [1.807, 2.05) is 48.5 Å². The number of hydrogen-bond donors (Lipinski definition) is 0. The molecule has 6 nitrogen and oxygen atoms in total. The summed E-state index contributed by atoms with van der Waals surface area (Å²) in [5, 5.41) is 0. The number of esters is 1. The lowest BCUT2D eigenvalue weighted by Crippen LogP contribution is -2.32. The molecule has 0 spiro atoms. The standard InChI is InChI=1S/C22H18N2O4S/c1-14(25)15-11-18(23(2)12-15)22(27)28-13-21(26)24-16-7-3-5-9-19(16)29-20-10-6-4-8-17(20)24/h3-12H,13H2,1-2H3. The van der Waals surface area contributed by atoms with Crippen LogP contribution in [0.4, 0.5) is 11.4 Å². The van der Waals surface area contributed by atoms with E-state index in [1.54, 1.807) is 29.9 Å². The summed E-state index contributed by atoms with van der Waals surface area (Å²) in [6.07, 6.45) is 1.56. The summed E-state index contributed by atoms with van der Waals surface area (Å²) in [5.41, 5.74) is 2.16. The van der Waals surface area contributed by atoms with Crippen molar-refractivity contribution in [2.24, 2.45) is 7.05 Å². The summed E-state index contributed by atoms with van der Waals surface area (Å²) < 4.78 is 6.80. The Balaban J connectivity index is 1.56. The summed E-state index contributed by atoms with van der Waals surface area (Å²) in [7, 11) is 1.65. The Morgan fingerprint density at radius 3 is 2.10 bits per heavy atom. The Kier molecular flexibility index (Phi) is 4.98. The minimum atomic E-state index is -0.652. The van der Waals surface area contributed by atoms with Crippen LogP contribution < -0.4 is 4.90 Å². The van der Waals surface area contributed by atoms with Crippen LogP contribution in [0.5, 0.6) is 0 Å². The molecular formula is C22H18N2O4S. The number of hydrogen-bond acceptors (Lipinski definition) is 5. The van der Waals surface area contributed by atoms with Gasteiger partial charge < -0.3 is 9.30 Å². The van der Waals surface area contributed by atoms with Crippen LogP contribution in [0.25, 0.3) is 0 Å². The maximum absolute atomic E-state index is 13.0. The molecule has 0 N–H and O–H groups in total. The monoisotopic (exact) mass is 406 g/mol. The van der Waals surface area contributed by atoms with Crippen LogP contribution in [-0.4, -0.2) is 28.8 Å². The first-order valence-corrected chi connectivity index (χ1v) is 9.80. The van der Waals surface area contributed by atoms with E-state index in [1.165, 1.54) is 17.6 Å². The summed E-state index contributed by atoms with van der Waals surface area (Å²) >= 11 is 1.60. The van der Waals surface area contributed by atoms with Crippen molar-refractivity contribution in [1.29, 1.82) is 0 Å². The lowest BCUT2D eigenvalue weighted by Gasteiger charge is -2.30. The third-order valence-corrected chi connectivity index (χ3v) is 5.76. The van der Waals surface area contributed by atoms with Gasteiger partial charge in [-0.1, -0.05) is 36.0 Å². The molecule has 146 valence electrons. The quantitative estimate of drug-likeness (QED) is 0.479. The van der Waals surface area contributed by atoms with E-state index >= 15 is 0 Å². The van der Waals surface area contributed by atoms with E-state index in [2.05, 4.69) is 0 Å². The Morgan fingerprint density at radius 1 is 0.966 bits per heavy atom. The number of anilines is 2. The molecule has 1 aromatic heterocycles. The number of aryl methyl sites for hydroxylation is 1. The van der Waals surface area contributed by atoms with Crippen molar-refractivity contribution in [2.75, 3.05) is 11.5 Å². The molecule has 1 aliphatic heterocycles. The normalized spacial score (nSPS) is 12.1. The number of benzene rings is 2. The van der Waals surface area contributed by atoms with Gasteiger partial charge in [0.2, 0.25) is 0 Å². The number of Topliss-reactive ketones (excluding diaryl/α,β-unsaturated/α-hetero) is 1. The van der Waals surface area contributed by atoms with Gasteiger partial charge in [0.05, 0.1) is 11.4 Å². The summed E-state index contributed by atoms with van der Waals surface area (Å²) in [6, 6.07) is 16.7. The van der Waals surface area contributed by atoms with E-state index in [0.717, 1.165) is 21.2 Å². The number of carbonyl (C=O) groups is 3. The summed E-state index contributed by atoms with van der Waals surface area (Å²) in [5.74, 6) is -1.14. The molecule has 1 aliphatic rings. The number of ketones is 1. The van der Waals surface area contributed by atoms with Crippen molar-refractivity contribution in [3.63, 3.8) is 0 Å². The molecule has 0 aliphatic carbocycles. The van der Waals surface area contributed by atoms with E-state index in [-0.39, 0.29) is 17.4 Å². The maximum Gasteiger partial charge on any atom is 0.355 e. The van der Waals surface area contributed by atoms with Gasteiger partial charge in [-0.25, -0.2) is 4.79 Å².